The molecule has 10 heteroatoms. The lowest BCUT2D eigenvalue weighted by Crippen LogP contribution is -2.36. The smallest absolute Gasteiger partial charge is 0.325 e. The standard InChI is InChI=1S/C16H21N3O7/c1-4-18(5-2)14(20)10-26-15(21)9-17-16(22)11-6-7-13(25-3)12(8-11)19(23)24/h6-8H,4-5,9-10H2,1-3H3,(H,17,22). The van der Waals surface area contributed by atoms with E-state index in [0.717, 1.165) is 6.07 Å². The molecule has 1 N–H and O–H groups in total. The number of hydrogen-bond acceptors (Lipinski definition) is 7. The fourth-order valence-corrected chi connectivity index (χ4v) is 2.09. The molecular weight excluding hydrogens is 346 g/mol. The molecule has 0 unspecified atom stereocenters. The number of methoxy groups -OCH3 is 1. The summed E-state index contributed by atoms with van der Waals surface area (Å²) >= 11 is 0. The third kappa shape index (κ3) is 5.72. The van der Waals surface area contributed by atoms with Gasteiger partial charge in [-0.2, -0.15) is 0 Å². The lowest BCUT2D eigenvalue weighted by atomic mass is 10.1. The van der Waals surface area contributed by atoms with Gasteiger partial charge in [-0.3, -0.25) is 24.5 Å². The molecule has 0 fully saturated rings. The van der Waals surface area contributed by atoms with Crippen molar-refractivity contribution in [2.45, 2.75) is 13.8 Å². The second-order valence-corrected chi connectivity index (χ2v) is 5.05. The maximum Gasteiger partial charge on any atom is 0.325 e. The number of nitro groups is 1. The first-order valence-electron chi connectivity index (χ1n) is 7.88. The zero-order valence-electron chi connectivity index (χ0n) is 14.8. The maximum atomic E-state index is 12.0. The summed E-state index contributed by atoms with van der Waals surface area (Å²) in [7, 11) is 1.28. The Morgan fingerprint density at radius 2 is 1.88 bits per heavy atom. The van der Waals surface area contributed by atoms with Crippen molar-refractivity contribution in [3.63, 3.8) is 0 Å². The molecule has 1 aromatic carbocycles. The van der Waals surface area contributed by atoms with E-state index in [9.17, 15) is 24.5 Å². The number of nitrogens with one attached hydrogen (secondary N) is 1. The molecule has 0 radical (unpaired) electrons. The third-order valence-electron chi connectivity index (χ3n) is 3.50. The molecule has 2 amide bonds. The Kier molecular flexibility index (Phi) is 8.00. The molecule has 0 aliphatic carbocycles. The number of esters is 1. The van der Waals surface area contributed by atoms with Crippen LogP contribution in [0.1, 0.15) is 24.2 Å². The maximum absolute atomic E-state index is 12.0. The summed E-state index contributed by atoms with van der Waals surface area (Å²) in [6.45, 7) is 3.73. The van der Waals surface area contributed by atoms with Gasteiger partial charge in [0.2, 0.25) is 0 Å². The van der Waals surface area contributed by atoms with Gasteiger partial charge in [-0.05, 0) is 26.0 Å². The van der Waals surface area contributed by atoms with Crippen molar-refractivity contribution in [2.24, 2.45) is 0 Å². The van der Waals surface area contributed by atoms with Crippen molar-refractivity contribution >= 4 is 23.5 Å². The number of carbonyl (C=O) groups excluding carboxylic acids is 3. The zero-order chi connectivity index (χ0) is 19.7. The minimum Gasteiger partial charge on any atom is -0.490 e. The van der Waals surface area contributed by atoms with E-state index in [2.05, 4.69) is 5.32 Å². The fourth-order valence-electron chi connectivity index (χ4n) is 2.09. The van der Waals surface area contributed by atoms with Crippen molar-refractivity contribution in [1.82, 2.24) is 10.2 Å². The van der Waals surface area contributed by atoms with E-state index in [1.165, 1.54) is 24.1 Å². The van der Waals surface area contributed by atoms with Crippen LogP contribution in [-0.4, -0.2) is 61.0 Å². The van der Waals surface area contributed by atoms with Crippen LogP contribution in [-0.2, 0) is 14.3 Å². The first-order chi connectivity index (χ1) is 12.3. The molecule has 142 valence electrons. The van der Waals surface area contributed by atoms with E-state index >= 15 is 0 Å². The zero-order valence-corrected chi connectivity index (χ0v) is 14.8. The van der Waals surface area contributed by atoms with Gasteiger partial charge in [0.1, 0.15) is 6.54 Å². The number of likely N-dealkylation sites (N-methyl/N-ethyl adjacent to an activating group) is 1. The van der Waals surface area contributed by atoms with Gasteiger partial charge in [0, 0.05) is 24.7 Å². The minimum atomic E-state index is -0.790. The SMILES string of the molecule is CCN(CC)C(=O)COC(=O)CNC(=O)c1ccc(OC)c([N+](=O)[O-])c1. The van der Waals surface area contributed by atoms with Gasteiger partial charge in [0.25, 0.3) is 11.8 Å². The molecular formula is C16H21N3O7. The second-order valence-electron chi connectivity index (χ2n) is 5.05. The summed E-state index contributed by atoms with van der Waals surface area (Å²) in [5.74, 6) is -1.80. The predicted molar refractivity (Wildman–Crippen MR) is 90.9 cm³/mol. The predicted octanol–water partition coefficient (Wildman–Crippen LogP) is 0.745. The van der Waals surface area contributed by atoms with Gasteiger partial charge in [-0.15, -0.1) is 0 Å². The number of nitro benzene ring substituents is 1. The summed E-state index contributed by atoms with van der Waals surface area (Å²) in [5.41, 5.74) is -0.378. The molecule has 1 rings (SSSR count). The van der Waals surface area contributed by atoms with Crippen LogP contribution >= 0.6 is 0 Å². The average Bonchev–Trinajstić information content (AvgIpc) is 2.64. The molecule has 1 aromatic rings. The number of benzene rings is 1. The first kappa shape index (κ1) is 20.9. The van der Waals surface area contributed by atoms with Crippen LogP contribution in [0, 0.1) is 10.1 Å². The van der Waals surface area contributed by atoms with Crippen molar-refractivity contribution in [2.75, 3.05) is 33.4 Å². The lowest BCUT2D eigenvalue weighted by Gasteiger charge is -2.18. The van der Waals surface area contributed by atoms with Crippen LogP contribution in [0.4, 0.5) is 5.69 Å². The average molecular weight is 367 g/mol. The number of ether oxygens (including phenoxy) is 2. The minimum absolute atomic E-state index is 0.00971. The van der Waals surface area contributed by atoms with Gasteiger partial charge in [0.15, 0.2) is 12.4 Å². The molecule has 0 bridgehead atoms. The Bertz CT molecular complexity index is 686. The molecule has 0 atom stereocenters. The summed E-state index contributed by atoms with van der Waals surface area (Å²) in [6.07, 6.45) is 0. The van der Waals surface area contributed by atoms with E-state index < -0.39 is 30.0 Å². The lowest BCUT2D eigenvalue weighted by molar-refractivity contribution is -0.385. The quantitative estimate of drug-likeness (QED) is 0.387. The highest BCUT2D eigenvalue weighted by Crippen LogP contribution is 2.27. The summed E-state index contributed by atoms with van der Waals surface area (Å²) in [6, 6.07) is 3.66. The van der Waals surface area contributed by atoms with Gasteiger partial charge in [0.05, 0.1) is 12.0 Å². The fraction of sp³-hybridized carbons (Fsp3) is 0.438. The third-order valence-corrected chi connectivity index (χ3v) is 3.50. The normalized spacial score (nSPS) is 9.96. The van der Waals surface area contributed by atoms with Crippen molar-refractivity contribution in [3.05, 3.63) is 33.9 Å². The Morgan fingerprint density at radius 1 is 1.23 bits per heavy atom. The van der Waals surface area contributed by atoms with E-state index in [4.69, 9.17) is 9.47 Å². The molecule has 0 saturated carbocycles. The van der Waals surface area contributed by atoms with Crippen LogP contribution in [0.5, 0.6) is 5.75 Å². The number of carbonyl (C=O) groups is 3. The Morgan fingerprint density at radius 3 is 2.42 bits per heavy atom. The van der Waals surface area contributed by atoms with Crippen LogP contribution in [0.2, 0.25) is 0 Å². The highest BCUT2D eigenvalue weighted by molar-refractivity contribution is 5.96. The highest BCUT2D eigenvalue weighted by atomic mass is 16.6. The molecule has 10 nitrogen and oxygen atoms in total. The number of nitrogens with zero attached hydrogens (tertiary/aromatic N) is 2. The van der Waals surface area contributed by atoms with Crippen LogP contribution in [0.15, 0.2) is 18.2 Å². The summed E-state index contributed by atoms with van der Waals surface area (Å²) in [4.78, 5) is 47.1. The molecule has 0 spiro atoms. The molecule has 26 heavy (non-hydrogen) atoms. The van der Waals surface area contributed by atoms with Crippen LogP contribution in [0.3, 0.4) is 0 Å². The molecule has 0 aliphatic heterocycles. The molecule has 0 aromatic heterocycles. The van der Waals surface area contributed by atoms with E-state index in [1.54, 1.807) is 13.8 Å². The van der Waals surface area contributed by atoms with Crippen LogP contribution in [0.25, 0.3) is 0 Å². The van der Waals surface area contributed by atoms with E-state index in [1.807, 2.05) is 0 Å². The second kappa shape index (κ2) is 9.97. The van der Waals surface area contributed by atoms with Gasteiger partial charge in [-0.25, -0.2) is 0 Å². The number of hydrogen-bond donors (Lipinski definition) is 1. The van der Waals surface area contributed by atoms with Crippen molar-refractivity contribution in [3.8, 4) is 5.75 Å². The Balaban J connectivity index is 2.58. The van der Waals surface area contributed by atoms with Crippen LogP contribution < -0.4 is 10.1 Å². The molecule has 0 saturated heterocycles. The highest BCUT2D eigenvalue weighted by Gasteiger charge is 2.19. The monoisotopic (exact) mass is 367 g/mol. The molecule has 0 aliphatic rings. The van der Waals surface area contributed by atoms with Gasteiger partial charge in [-0.1, -0.05) is 0 Å². The van der Waals surface area contributed by atoms with Gasteiger partial charge >= 0.3 is 11.7 Å². The Hall–Kier alpha value is -3.17. The summed E-state index contributed by atoms with van der Waals surface area (Å²) in [5, 5.41) is 13.2. The number of amides is 2. The van der Waals surface area contributed by atoms with E-state index in [0.29, 0.717) is 13.1 Å². The van der Waals surface area contributed by atoms with Gasteiger partial charge < -0.3 is 19.7 Å². The van der Waals surface area contributed by atoms with Crippen molar-refractivity contribution < 1.29 is 28.8 Å². The first-order valence-corrected chi connectivity index (χ1v) is 7.88. The summed E-state index contributed by atoms with van der Waals surface area (Å²) < 4.78 is 9.65. The van der Waals surface area contributed by atoms with E-state index in [-0.39, 0.29) is 22.9 Å². The largest absolute Gasteiger partial charge is 0.490 e. The number of rotatable bonds is 9. The Labute approximate surface area is 150 Å². The topological polar surface area (TPSA) is 128 Å². The molecule has 0 heterocycles. The van der Waals surface area contributed by atoms with Crippen molar-refractivity contribution in [1.29, 1.82) is 0 Å².